The van der Waals surface area contributed by atoms with Crippen LogP contribution in [-0.4, -0.2) is 30.3 Å². The van der Waals surface area contributed by atoms with Gasteiger partial charge in [0, 0.05) is 13.1 Å². The van der Waals surface area contributed by atoms with Crippen molar-refractivity contribution in [1.82, 2.24) is 5.32 Å². The minimum absolute atomic E-state index is 0.335. The Kier molecular flexibility index (Phi) is 5.99. The Morgan fingerprint density at radius 1 is 1.42 bits per heavy atom. The zero-order valence-electron chi connectivity index (χ0n) is 11.9. The van der Waals surface area contributed by atoms with Crippen molar-refractivity contribution in [2.24, 2.45) is 0 Å². The Morgan fingerprint density at radius 3 is 2.74 bits per heavy atom. The number of carbonyl (C=O) groups is 1. The lowest BCUT2D eigenvalue weighted by atomic mass is 10.0. The fourth-order valence-corrected chi connectivity index (χ4v) is 2.08. The van der Waals surface area contributed by atoms with Crippen LogP contribution in [0.3, 0.4) is 0 Å². The maximum absolute atomic E-state index is 11.6. The lowest BCUT2D eigenvalue weighted by Gasteiger charge is -2.23. The zero-order valence-corrected chi connectivity index (χ0v) is 11.9. The van der Waals surface area contributed by atoms with Gasteiger partial charge in [0.2, 0.25) is 0 Å². The topological polar surface area (TPSA) is 58.6 Å². The van der Waals surface area contributed by atoms with E-state index < -0.39 is 5.60 Å². The summed E-state index contributed by atoms with van der Waals surface area (Å²) in [6, 6.07) is 7.32. The first-order chi connectivity index (χ1) is 9.00. The first kappa shape index (κ1) is 15.7. The summed E-state index contributed by atoms with van der Waals surface area (Å²) in [5.74, 6) is -0.335. The van der Waals surface area contributed by atoms with E-state index >= 15 is 0 Å². The summed E-state index contributed by atoms with van der Waals surface area (Å²) < 4.78 is 4.75. The highest BCUT2D eigenvalue weighted by Crippen LogP contribution is 2.12. The van der Waals surface area contributed by atoms with Crippen LogP contribution in [0, 0.1) is 0 Å². The quantitative estimate of drug-likeness (QED) is 0.741. The highest BCUT2D eigenvalue weighted by atomic mass is 16.5. The Labute approximate surface area is 114 Å². The van der Waals surface area contributed by atoms with Gasteiger partial charge in [0.25, 0.3) is 0 Å². The van der Waals surface area contributed by atoms with E-state index in [1.165, 1.54) is 7.11 Å². The van der Waals surface area contributed by atoms with Gasteiger partial charge in [-0.15, -0.1) is 0 Å². The summed E-state index contributed by atoms with van der Waals surface area (Å²) in [4.78, 5) is 11.6. The molecule has 0 bridgehead atoms. The molecule has 2 N–H and O–H groups in total. The molecular weight excluding hydrogens is 242 g/mol. The average Bonchev–Trinajstić information content (AvgIpc) is 2.38. The molecule has 1 atom stereocenters. The number of hydrogen-bond acceptors (Lipinski definition) is 4. The molecular formula is C15H23NO3. The highest BCUT2D eigenvalue weighted by Gasteiger charge is 2.18. The molecule has 0 saturated heterocycles. The smallest absolute Gasteiger partial charge is 0.338 e. The molecule has 0 aliphatic rings. The molecule has 0 saturated carbocycles. The van der Waals surface area contributed by atoms with Gasteiger partial charge < -0.3 is 15.2 Å². The molecule has 1 rings (SSSR count). The number of aliphatic hydroxyl groups is 1. The third kappa shape index (κ3) is 5.01. The molecule has 0 aliphatic carbocycles. The zero-order chi connectivity index (χ0) is 14.3. The van der Waals surface area contributed by atoms with Gasteiger partial charge in [0.05, 0.1) is 18.3 Å². The van der Waals surface area contributed by atoms with Crippen LogP contribution >= 0.6 is 0 Å². The van der Waals surface area contributed by atoms with Crippen molar-refractivity contribution in [2.45, 2.75) is 38.8 Å². The van der Waals surface area contributed by atoms with Crippen molar-refractivity contribution in [1.29, 1.82) is 0 Å². The summed E-state index contributed by atoms with van der Waals surface area (Å²) >= 11 is 0. The van der Waals surface area contributed by atoms with Crippen LogP contribution in [0.5, 0.6) is 0 Å². The van der Waals surface area contributed by atoms with Gasteiger partial charge in [-0.3, -0.25) is 0 Å². The molecule has 0 heterocycles. The van der Waals surface area contributed by atoms with E-state index in [1.807, 2.05) is 32.0 Å². The molecule has 0 fully saturated rings. The van der Waals surface area contributed by atoms with E-state index in [-0.39, 0.29) is 5.97 Å². The number of nitrogens with one attached hydrogen (secondary N) is 1. The van der Waals surface area contributed by atoms with Crippen molar-refractivity contribution in [3.8, 4) is 0 Å². The van der Waals surface area contributed by atoms with E-state index in [2.05, 4.69) is 5.32 Å². The fourth-order valence-electron chi connectivity index (χ4n) is 2.08. The van der Waals surface area contributed by atoms with Gasteiger partial charge >= 0.3 is 5.97 Å². The average molecular weight is 265 g/mol. The van der Waals surface area contributed by atoms with E-state index in [0.717, 1.165) is 18.4 Å². The maximum Gasteiger partial charge on any atom is 0.338 e. The number of ether oxygens (including phenoxy) is 1. The van der Waals surface area contributed by atoms with Crippen molar-refractivity contribution in [3.63, 3.8) is 0 Å². The molecule has 19 heavy (non-hydrogen) atoms. The predicted molar refractivity (Wildman–Crippen MR) is 75.0 cm³/mol. The number of rotatable bonds is 7. The summed E-state index contributed by atoms with van der Waals surface area (Å²) in [5.41, 5.74) is 0.726. The normalized spacial score (nSPS) is 13.9. The Bertz CT molecular complexity index is 416. The van der Waals surface area contributed by atoms with Gasteiger partial charge in [0.1, 0.15) is 0 Å². The minimum atomic E-state index is -0.713. The first-order valence-electron chi connectivity index (χ1n) is 6.59. The van der Waals surface area contributed by atoms with E-state index in [4.69, 9.17) is 4.74 Å². The molecule has 0 radical (unpaired) electrons. The number of hydrogen-bond donors (Lipinski definition) is 2. The standard InChI is InChI=1S/C15H23NO3/c1-4-9-15(2,18)11-16-10-12-7-5-6-8-13(12)14(17)19-3/h5-8,16,18H,4,9-11H2,1-3H3. The Hall–Kier alpha value is -1.39. The molecule has 1 unspecified atom stereocenters. The molecule has 4 heteroatoms. The molecule has 0 spiro atoms. The van der Waals surface area contributed by atoms with Crippen LogP contribution in [0.15, 0.2) is 24.3 Å². The second-order valence-corrected chi connectivity index (χ2v) is 5.00. The van der Waals surface area contributed by atoms with Crippen LogP contribution in [0.4, 0.5) is 0 Å². The predicted octanol–water partition coefficient (Wildman–Crippen LogP) is 2.11. The molecule has 1 aromatic rings. The summed E-state index contributed by atoms with van der Waals surface area (Å²) in [6.07, 6.45) is 1.69. The monoisotopic (exact) mass is 265 g/mol. The lowest BCUT2D eigenvalue weighted by molar-refractivity contribution is 0.0497. The number of esters is 1. The second-order valence-electron chi connectivity index (χ2n) is 5.00. The molecule has 0 aliphatic heterocycles. The largest absolute Gasteiger partial charge is 0.465 e. The summed E-state index contributed by atoms with van der Waals surface area (Å²) in [6.45, 7) is 4.89. The van der Waals surface area contributed by atoms with E-state index in [1.54, 1.807) is 6.07 Å². The molecule has 4 nitrogen and oxygen atoms in total. The second kappa shape index (κ2) is 7.26. The fraction of sp³-hybridized carbons (Fsp3) is 0.533. The van der Waals surface area contributed by atoms with Gasteiger partial charge in [-0.05, 0) is 25.0 Å². The van der Waals surface area contributed by atoms with Crippen LogP contribution in [0.1, 0.15) is 42.6 Å². The van der Waals surface area contributed by atoms with Crippen molar-refractivity contribution < 1.29 is 14.6 Å². The van der Waals surface area contributed by atoms with Crippen molar-refractivity contribution in [2.75, 3.05) is 13.7 Å². The molecule has 0 amide bonds. The summed E-state index contributed by atoms with van der Waals surface area (Å²) in [5, 5.41) is 13.3. The van der Waals surface area contributed by atoms with Crippen LogP contribution in [0.25, 0.3) is 0 Å². The van der Waals surface area contributed by atoms with Crippen LogP contribution < -0.4 is 5.32 Å². The van der Waals surface area contributed by atoms with Gasteiger partial charge in [-0.2, -0.15) is 0 Å². The lowest BCUT2D eigenvalue weighted by Crippen LogP contribution is -2.37. The van der Waals surface area contributed by atoms with Crippen LogP contribution in [-0.2, 0) is 11.3 Å². The van der Waals surface area contributed by atoms with E-state index in [0.29, 0.717) is 18.7 Å². The minimum Gasteiger partial charge on any atom is -0.465 e. The van der Waals surface area contributed by atoms with E-state index in [9.17, 15) is 9.90 Å². The van der Waals surface area contributed by atoms with Gasteiger partial charge in [-0.1, -0.05) is 31.5 Å². The SMILES string of the molecule is CCCC(C)(O)CNCc1ccccc1C(=O)OC. The summed E-state index contributed by atoms with van der Waals surface area (Å²) in [7, 11) is 1.37. The van der Waals surface area contributed by atoms with Crippen molar-refractivity contribution in [3.05, 3.63) is 35.4 Å². The highest BCUT2D eigenvalue weighted by molar-refractivity contribution is 5.90. The van der Waals surface area contributed by atoms with Gasteiger partial charge in [0.15, 0.2) is 0 Å². The molecule has 1 aromatic carbocycles. The van der Waals surface area contributed by atoms with Crippen LogP contribution in [0.2, 0.25) is 0 Å². The molecule has 0 aromatic heterocycles. The third-order valence-electron chi connectivity index (χ3n) is 3.03. The first-order valence-corrected chi connectivity index (χ1v) is 6.59. The van der Waals surface area contributed by atoms with Gasteiger partial charge in [-0.25, -0.2) is 4.79 Å². The number of benzene rings is 1. The number of carbonyl (C=O) groups excluding carboxylic acids is 1. The Morgan fingerprint density at radius 2 is 2.11 bits per heavy atom. The third-order valence-corrected chi connectivity index (χ3v) is 3.03. The Balaban J connectivity index is 2.61. The maximum atomic E-state index is 11.6. The van der Waals surface area contributed by atoms with Crippen molar-refractivity contribution >= 4 is 5.97 Å². The number of methoxy groups -OCH3 is 1. The molecule has 106 valence electrons.